The number of rotatable bonds is 6. The van der Waals surface area contributed by atoms with E-state index in [4.69, 9.17) is 8.92 Å². The van der Waals surface area contributed by atoms with Gasteiger partial charge in [0.2, 0.25) is 0 Å². The van der Waals surface area contributed by atoms with Gasteiger partial charge in [-0.15, -0.1) is 0 Å². The molecule has 8 heteroatoms. The molecule has 0 saturated heterocycles. The molecule has 0 bridgehead atoms. The Hall–Kier alpha value is -2.61. The summed E-state index contributed by atoms with van der Waals surface area (Å²) in [6.45, 7) is 5.49. The topological polar surface area (TPSA) is 95.7 Å². The van der Waals surface area contributed by atoms with Crippen LogP contribution in [-0.2, 0) is 10.1 Å². The molecule has 2 rings (SSSR count). The van der Waals surface area contributed by atoms with E-state index in [-0.39, 0.29) is 22.4 Å². The first-order valence-electron chi connectivity index (χ1n) is 7.15. The summed E-state index contributed by atoms with van der Waals surface area (Å²) in [5, 5.41) is 10.6. The summed E-state index contributed by atoms with van der Waals surface area (Å²) in [6.07, 6.45) is -0.0254. The monoisotopic (exact) mass is 351 g/mol. The molecular formula is C16H17NO6S. The molecule has 0 saturated carbocycles. The minimum Gasteiger partial charge on any atom is -0.491 e. The van der Waals surface area contributed by atoms with Crippen LogP contribution >= 0.6 is 0 Å². The van der Waals surface area contributed by atoms with E-state index < -0.39 is 15.0 Å². The molecule has 0 spiro atoms. The molecule has 0 atom stereocenters. The van der Waals surface area contributed by atoms with Crippen LogP contribution in [0.25, 0.3) is 0 Å². The van der Waals surface area contributed by atoms with Gasteiger partial charge in [-0.25, -0.2) is 0 Å². The molecule has 0 radical (unpaired) electrons. The molecule has 0 unspecified atom stereocenters. The molecule has 0 fully saturated rings. The van der Waals surface area contributed by atoms with Gasteiger partial charge in [0, 0.05) is 12.1 Å². The second-order valence-electron chi connectivity index (χ2n) is 5.38. The summed E-state index contributed by atoms with van der Waals surface area (Å²) in [5.41, 5.74) is 0.517. The van der Waals surface area contributed by atoms with E-state index in [0.717, 1.165) is 0 Å². The number of nitrogens with zero attached hydrogens (tertiary/aromatic N) is 1. The maximum absolute atomic E-state index is 12.3. The fourth-order valence-corrected chi connectivity index (χ4v) is 2.98. The van der Waals surface area contributed by atoms with Crippen molar-refractivity contribution in [2.24, 2.45) is 0 Å². The van der Waals surface area contributed by atoms with Crippen molar-refractivity contribution in [1.82, 2.24) is 0 Å². The Balaban J connectivity index is 2.23. The van der Waals surface area contributed by atoms with E-state index in [0.29, 0.717) is 11.3 Å². The third-order valence-corrected chi connectivity index (χ3v) is 4.29. The van der Waals surface area contributed by atoms with Gasteiger partial charge < -0.3 is 8.92 Å². The zero-order chi connectivity index (χ0) is 17.9. The summed E-state index contributed by atoms with van der Waals surface area (Å²) < 4.78 is 35.2. The zero-order valence-corrected chi connectivity index (χ0v) is 14.2. The van der Waals surface area contributed by atoms with Gasteiger partial charge in [-0.05, 0) is 56.7 Å². The quantitative estimate of drug-likeness (QED) is 0.449. The first-order chi connectivity index (χ1) is 11.2. The lowest BCUT2D eigenvalue weighted by atomic mass is 10.2. The van der Waals surface area contributed by atoms with Gasteiger partial charge in [0.15, 0.2) is 0 Å². The summed E-state index contributed by atoms with van der Waals surface area (Å²) >= 11 is 0. The lowest BCUT2D eigenvalue weighted by Crippen LogP contribution is -2.11. The Morgan fingerprint density at radius 3 is 2.21 bits per heavy atom. The van der Waals surface area contributed by atoms with Crippen LogP contribution in [0.5, 0.6) is 11.5 Å². The molecule has 0 aliphatic heterocycles. The largest absolute Gasteiger partial charge is 0.491 e. The van der Waals surface area contributed by atoms with Gasteiger partial charge in [0.25, 0.3) is 5.69 Å². The minimum atomic E-state index is -4.04. The van der Waals surface area contributed by atoms with Crippen molar-refractivity contribution in [2.75, 3.05) is 0 Å². The van der Waals surface area contributed by atoms with Crippen LogP contribution in [0, 0.1) is 17.0 Å². The number of benzene rings is 2. The lowest BCUT2D eigenvalue weighted by molar-refractivity contribution is -0.384. The Morgan fingerprint density at radius 1 is 1.08 bits per heavy atom. The van der Waals surface area contributed by atoms with Gasteiger partial charge in [0.1, 0.15) is 16.4 Å². The number of hydrogen-bond donors (Lipinski definition) is 0. The highest BCUT2D eigenvalue weighted by atomic mass is 32.2. The fraction of sp³-hybridized carbons (Fsp3) is 0.250. The van der Waals surface area contributed by atoms with Crippen molar-refractivity contribution in [3.05, 3.63) is 58.1 Å². The minimum absolute atomic E-state index is 0.000704. The van der Waals surface area contributed by atoms with Gasteiger partial charge in [0.05, 0.1) is 11.0 Å². The number of ether oxygens (including phenoxy) is 1. The van der Waals surface area contributed by atoms with Crippen molar-refractivity contribution in [3.63, 3.8) is 0 Å². The second kappa shape index (κ2) is 6.88. The van der Waals surface area contributed by atoms with Crippen LogP contribution in [0.15, 0.2) is 47.4 Å². The van der Waals surface area contributed by atoms with Crippen molar-refractivity contribution in [1.29, 1.82) is 0 Å². The summed E-state index contributed by atoms with van der Waals surface area (Å²) in [7, 11) is -4.04. The molecule has 0 N–H and O–H groups in total. The van der Waals surface area contributed by atoms with E-state index in [1.807, 2.05) is 13.8 Å². The maximum atomic E-state index is 12.3. The van der Waals surface area contributed by atoms with Crippen LogP contribution in [-0.4, -0.2) is 19.4 Å². The molecule has 2 aromatic rings. The van der Waals surface area contributed by atoms with Crippen LogP contribution in [0.1, 0.15) is 19.4 Å². The van der Waals surface area contributed by atoms with Gasteiger partial charge in [-0.3, -0.25) is 10.1 Å². The Labute approximate surface area is 140 Å². The molecular weight excluding hydrogens is 334 g/mol. The SMILES string of the molecule is Cc1cc(S(=O)(=O)Oc2ccc([N+](=O)[O-])cc2)ccc1OC(C)C. The maximum Gasteiger partial charge on any atom is 0.339 e. The number of hydrogen-bond acceptors (Lipinski definition) is 6. The van der Waals surface area contributed by atoms with Crippen LogP contribution in [0.3, 0.4) is 0 Å². The average molecular weight is 351 g/mol. The van der Waals surface area contributed by atoms with E-state index in [9.17, 15) is 18.5 Å². The van der Waals surface area contributed by atoms with Crippen molar-refractivity contribution in [2.45, 2.75) is 31.8 Å². The second-order valence-corrected chi connectivity index (χ2v) is 6.93. The Morgan fingerprint density at radius 2 is 1.71 bits per heavy atom. The molecule has 0 heterocycles. The molecule has 0 aliphatic carbocycles. The molecule has 0 amide bonds. The van der Waals surface area contributed by atoms with Gasteiger partial charge in [-0.1, -0.05) is 0 Å². The first-order valence-corrected chi connectivity index (χ1v) is 8.56. The van der Waals surface area contributed by atoms with Crippen LogP contribution in [0.2, 0.25) is 0 Å². The number of aryl methyl sites for hydroxylation is 1. The molecule has 24 heavy (non-hydrogen) atoms. The summed E-state index contributed by atoms with van der Waals surface area (Å²) in [4.78, 5) is 10.0. The number of nitro benzene ring substituents is 1. The number of non-ortho nitro benzene ring substituents is 1. The van der Waals surface area contributed by atoms with E-state index in [1.165, 1.54) is 36.4 Å². The summed E-state index contributed by atoms with van der Waals surface area (Å²) in [6, 6.07) is 9.24. The van der Waals surface area contributed by atoms with E-state index >= 15 is 0 Å². The van der Waals surface area contributed by atoms with E-state index in [2.05, 4.69) is 0 Å². The van der Waals surface area contributed by atoms with Crippen molar-refractivity contribution in [3.8, 4) is 11.5 Å². The van der Waals surface area contributed by atoms with Gasteiger partial charge >= 0.3 is 10.1 Å². The van der Waals surface area contributed by atoms with E-state index in [1.54, 1.807) is 13.0 Å². The smallest absolute Gasteiger partial charge is 0.339 e. The average Bonchev–Trinajstić information content (AvgIpc) is 2.49. The zero-order valence-electron chi connectivity index (χ0n) is 13.4. The highest BCUT2D eigenvalue weighted by Crippen LogP contribution is 2.26. The highest BCUT2D eigenvalue weighted by Gasteiger charge is 2.19. The third-order valence-electron chi connectivity index (χ3n) is 3.05. The predicted molar refractivity (Wildman–Crippen MR) is 87.9 cm³/mol. The van der Waals surface area contributed by atoms with Crippen LogP contribution in [0.4, 0.5) is 5.69 Å². The normalized spacial score (nSPS) is 11.3. The van der Waals surface area contributed by atoms with Crippen molar-refractivity contribution < 1.29 is 22.3 Å². The molecule has 0 aromatic heterocycles. The number of nitro groups is 1. The fourth-order valence-electron chi connectivity index (χ4n) is 1.96. The first kappa shape index (κ1) is 17.7. The lowest BCUT2D eigenvalue weighted by Gasteiger charge is -2.13. The Bertz CT molecular complexity index is 843. The highest BCUT2D eigenvalue weighted by molar-refractivity contribution is 7.87. The third kappa shape index (κ3) is 4.23. The summed E-state index contributed by atoms with van der Waals surface area (Å²) in [5.74, 6) is 0.597. The van der Waals surface area contributed by atoms with Gasteiger partial charge in [-0.2, -0.15) is 8.42 Å². The molecule has 0 aliphatic rings. The van der Waals surface area contributed by atoms with Crippen molar-refractivity contribution >= 4 is 15.8 Å². The molecule has 128 valence electrons. The van der Waals surface area contributed by atoms with Crippen LogP contribution < -0.4 is 8.92 Å². The molecule has 2 aromatic carbocycles. The standard InChI is InChI=1S/C16H17NO6S/c1-11(2)22-16-9-8-15(10-12(16)3)24(20,21)23-14-6-4-13(5-7-14)17(18)19/h4-11H,1-3H3. The Kier molecular flexibility index (Phi) is 5.08. The molecule has 7 nitrogen and oxygen atoms in total. The predicted octanol–water partition coefficient (Wildman–Crippen LogP) is 3.46.